The minimum absolute atomic E-state index is 0.0847. The predicted octanol–water partition coefficient (Wildman–Crippen LogP) is 3.73. The number of hydrogen-bond donors (Lipinski definition) is 1. The highest BCUT2D eigenvalue weighted by Gasteiger charge is 2.32. The molecule has 0 radical (unpaired) electrons. The van der Waals surface area contributed by atoms with Crippen LogP contribution in [0.5, 0.6) is 0 Å². The molecule has 3 aliphatic heterocycles. The van der Waals surface area contributed by atoms with Crippen molar-refractivity contribution in [3.05, 3.63) is 35.4 Å². The first-order valence-corrected chi connectivity index (χ1v) is 13.4. The SMILES string of the molecule is Cc1ccccc1C1=NC(CN2CCC(C(=O)NCCCN3C[C@H](C)C[C@H](C)C3)CC2)C(C)O1. The average Bonchev–Trinajstić information content (AvgIpc) is 3.16. The lowest BCUT2D eigenvalue weighted by molar-refractivity contribution is -0.126. The second kappa shape index (κ2) is 11.7. The summed E-state index contributed by atoms with van der Waals surface area (Å²) in [6, 6.07) is 8.42. The summed E-state index contributed by atoms with van der Waals surface area (Å²) in [6.45, 7) is 16.0. The number of piperidine rings is 2. The van der Waals surface area contributed by atoms with Gasteiger partial charge in [-0.05, 0) is 82.6 Å². The van der Waals surface area contributed by atoms with E-state index in [1.165, 1.54) is 25.1 Å². The molecule has 2 saturated heterocycles. The van der Waals surface area contributed by atoms with Gasteiger partial charge in [-0.3, -0.25) is 4.79 Å². The van der Waals surface area contributed by atoms with Crippen molar-refractivity contribution in [2.45, 2.75) is 65.5 Å². The molecule has 0 bridgehead atoms. The number of benzene rings is 1. The Morgan fingerprint density at radius 1 is 1.09 bits per heavy atom. The largest absolute Gasteiger partial charge is 0.472 e. The molecule has 188 valence electrons. The highest BCUT2D eigenvalue weighted by Crippen LogP contribution is 2.24. The van der Waals surface area contributed by atoms with E-state index in [1.807, 2.05) is 12.1 Å². The Balaban J connectivity index is 1.16. The zero-order valence-corrected chi connectivity index (χ0v) is 21.6. The molecule has 3 heterocycles. The van der Waals surface area contributed by atoms with Crippen molar-refractivity contribution in [1.29, 1.82) is 0 Å². The van der Waals surface area contributed by atoms with E-state index in [4.69, 9.17) is 9.73 Å². The number of ether oxygens (including phenoxy) is 1. The van der Waals surface area contributed by atoms with Gasteiger partial charge in [0.2, 0.25) is 11.8 Å². The number of carbonyl (C=O) groups excluding carboxylic acids is 1. The van der Waals surface area contributed by atoms with Gasteiger partial charge in [0.15, 0.2) is 0 Å². The minimum atomic E-state index is 0.0847. The first-order chi connectivity index (χ1) is 16.4. The van der Waals surface area contributed by atoms with Crippen LogP contribution in [0.25, 0.3) is 0 Å². The molecule has 1 aromatic carbocycles. The number of amides is 1. The van der Waals surface area contributed by atoms with Crippen molar-refractivity contribution in [3.8, 4) is 0 Å². The van der Waals surface area contributed by atoms with Gasteiger partial charge in [-0.25, -0.2) is 4.99 Å². The van der Waals surface area contributed by atoms with Crippen LogP contribution in [0.3, 0.4) is 0 Å². The zero-order chi connectivity index (χ0) is 24.1. The van der Waals surface area contributed by atoms with Crippen molar-refractivity contribution in [3.63, 3.8) is 0 Å². The lowest BCUT2D eigenvalue weighted by Crippen LogP contribution is -2.44. The first kappa shape index (κ1) is 25.2. The van der Waals surface area contributed by atoms with Crippen molar-refractivity contribution in [2.75, 3.05) is 45.8 Å². The van der Waals surface area contributed by atoms with Crippen LogP contribution in [0.4, 0.5) is 0 Å². The molecule has 1 amide bonds. The number of likely N-dealkylation sites (tertiary alicyclic amines) is 2. The normalized spacial score (nSPS) is 29.0. The number of hydrogen-bond acceptors (Lipinski definition) is 5. The fraction of sp³-hybridized carbons (Fsp3) is 0.714. The predicted molar refractivity (Wildman–Crippen MR) is 138 cm³/mol. The Morgan fingerprint density at radius 3 is 2.50 bits per heavy atom. The third kappa shape index (κ3) is 6.60. The lowest BCUT2D eigenvalue weighted by Gasteiger charge is -2.35. The number of carbonyl (C=O) groups is 1. The van der Waals surface area contributed by atoms with E-state index in [0.717, 1.165) is 75.3 Å². The second-order valence-corrected chi connectivity index (χ2v) is 11.1. The Kier molecular flexibility index (Phi) is 8.65. The van der Waals surface area contributed by atoms with Crippen molar-refractivity contribution >= 4 is 11.8 Å². The van der Waals surface area contributed by atoms with Crippen LogP contribution < -0.4 is 5.32 Å². The molecule has 6 nitrogen and oxygen atoms in total. The Hall–Kier alpha value is -1.92. The smallest absolute Gasteiger partial charge is 0.223 e. The molecular weight excluding hydrogens is 424 g/mol. The number of aliphatic imine (C=N–C) groups is 1. The number of nitrogens with zero attached hydrogens (tertiary/aromatic N) is 3. The third-order valence-corrected chi connectivity index (χ3v) is 7.80. The van der Waals surface area contributed by atoms with Gasteiger partial charge in [0.05, 0.1) is 0 Å². The Morgan fingerprint density at radius 2 is 1.79 bits per heavy atom. The summed E-state index contributed by atoms with van der Waals surface area (Å²) in [4.78, 5) is 22.6. The maximum atomic E-state index is 12.7. The molecule has 2 fully saturated rings. The average molecular weight is 469 g/mol. The Labute approximate surface area is 206 Å². The number of nitrogens with one attached hydrogen (secondary N) is 1. The van der Waals surface area contributed by atoms with Crippen molar-refractivity contribution < 1.29 is 9.53 Å². The molecule has 0 spiro atoms. The molecule has 2 unspecified atom stereocenters. The van der Waals surface area contributed by atoms with Gasteiger partial charge < -0.3 is 19.9 Å². The van der Waals surface area contributed by atoms with Gasteiger partial charge in [-0.2, -0.15) is 0 Å². The monoisotopic (exact) mass is 468 g/mol. The fourth-order valence-electron chi connectivity index (χ4n) is 5.95. The molecule has 4 atom stereocenters. The Bertz CT molecular complexity index is 839. The summed E-state index contributed by atoms with van der Waals surface area (Å²) in [5, 5.41) is 3.21. The zero-order valence-electron chi connectivity index (χ0n) is 21.6. The molecule has 0 aliphatic carbocycles. The molecular formula is C28H44N4O2. The summed E-state index contributed by atoms with van der Waals surface area (Å²) in [6.07, 6.45) is 4.34. The summed E-state index contributed by atoms with van der Waals surface area (Å²) in [5.74, 6) is 2.76. The van der Waals surface area contributed by atoms with Crippen LogP contribution in [0.1, 0.15) is 57.6 Å². The molecule has 0 saturated carbocycles. The molecule has 4 rings (SSSR count). The number of rotatable bonds is 8. The summed E-state index contributed by atoms with van der Waals surface area (Å²) < 4.78 is 6.11. The quantitative estimate of drug-likeness (QED) is 0.591. The standard InChI is InChI=1S/C28H44N4O2/c1-20-16-21(2)18-32(17-20)13-7-12-29-27(33)24-10-14-31(15-11-24)19-26-23(4)34-28(30-26)25-9-6-5-8-22(25)3/h5-6,8-9,20-21,23-24,26H,7,10-19H2,1-4H3,(H,29,33)/t20-,21+,23?,26?. The van der Waals surface area contributed by atoms with Crippen LogP contribution in [-0.4, -0.2) is 79.6 Å². The summed E-state index contributed by atoms with van der Waals surface area (Å²) in [5.41, 5.74) is 2.29. The second-order valence-electron chi connectivity index (χ2n) is 11.1. The molecule has 34 heavy (non-hydrogen) atoms. The van der Waals surface area contributed by atoms with Crippen molar-refractivity contribution in [2.24, 2.45) is 22.7 Å². The van der Waals surface area contributed by atoms with Gasteiger partial charge in [0.25, 0.3) is 0 Å². The van der Waals surface area contributed by atoms with Crippen LogP contribution in [0.2, 0.25) is 0 Å². The highest BCUT2D eigenvalue weighted by molar-refractivity contribution is 5.96. The van der Waals surface area contributed by atoms with Crippen LogP contribution >= 0.6 is 0 Å². The lowest BCUT2D eigenvalue weighted by atomic mass is 9.92. The van der Waals surface area contributed by atoms with Crippen molar-refractivity contribution in [1.82, 2.24) is 15.1 Å². The van der Waals surface area contributed by atoms with Gasteiger partial charge in [0.1, 0.15) is 12.1 Å². The topological polar surface area (TPSA) is 57.2 Å². The molecule has 1 N–H and O–H groups in total. The molecule has 6 heteroatoms. The molecule has 1 aromatic rings. The van der Waals surface area contributed by atoms with E-state index in [2.05, 4.69) is 54.9 Å². The van der Waals surface area contributed by atoms with E-state index >= 15 is 0 Å². The van der Waals surface area contributed by atoms with E-state index < -0.39 is 0 Å². The molecule has 3 aliphatic rings. The maximum Gasteiger partial charge on any atom is 0.223 e. The van der Waals surface area contributed by atoms with Gasteiger partial charge in [0, 0.05) is 37.7 Å². The maximum absolute atomic E-state index is 12.7. The van der Waals surface area contributed by atoms with E-state index in [9.17, 15) is 4.79 Å². The van der Waals surface area contributed by atoms with E-state index in [1.54, 1.807) is 0 Å². The summed E-state index contributed by atoms with van der Waals surface area (Å²) >= 11 is 0. The van der Waals surface area contributed by atoms with Crippen LogP contribution in [-0.2, 0) is 9.53 Å². The van der Waals surface area contributed by atoms with E-state index in [0.29, 0.717) is 0 Å². The van der Waals surface area contributed by atoms with Gasteiger partial charge >= 0.3 is 0 Å². The van der Waals surface area contributed by atoms with Gasteiger partial charge in [-0.1, -0.05) is 32.0 Å². The summed E-state index contributed by atoms with van der Waals surface area (Å²) in [7, 11) is 0. The van der Waals surface area contributed by atoms with Crippen LogP contribution in [0.15, 0.2) is 29.3 Å². The highest BCUT2D eigenvalue weighted by atomic mass is 16.5. The third-order valence-electron chi connectivity index (χ3n) is 7.80. The van der Waals surface area contributed by atoms with E-state index in [-0.39, 0.29) is 24.0 Å². The number of aryl methyl sites for hydroxylation is 1. The van der Waals surface area contributed by atoms with Crippen LogP contribution in [0, 0.1) is 24.7 Å². The van der Waals surface area contributed by atoms with Gasteiger partial charge in [-0.15, -0.1) is 0 Å². The minimum Gasteiger partial charge on any atom is -0.472 e. The first-order valence-electron chi connectivity index (χ1n) is 13.4. The fourth-order valence-corrected chi connectivity index (χ4v) is 5.95. The molecule has 0 aromatic heterocycles.